The predicted molar refractivity (Wildman–Crippen MR) is 88.1 cm³/mol. The first kappa shape index (κ1) is 13.7. The molecule has 0 aliphatic rings. The van der Waals surface area contributed by atoms with E-state index in [0.29, 0.717) is 18.1 Å². The van der Waals surface area contributed by atoms with Crippen molar-refractivity contribution >= 4 is 28.1 Å². The van der Waals surface area contributed by atoms with E-state index in [1.165, 1.54) is 0 Å². The van der Waals surface area contributed by atoms with Gasteiger partial charge in [-0.1, -0.05) is 35.9 Å². The third-order valence-corrected chi connectivity index (χ3v) is 3.63. The lowest BCUT2D eigenvalue weighted by Gasteiger charge is -2.09. The number of benzene rings is 2. The van der Waals surface area contributed by atoms with Crippen LogP contribution in [0.1, 0.15) is 0 Å². The van der Waals surface area contributed by atoms with Crippen LogP contribution in [-0.2, 0) is 6.54 Å². The molecule has 0 bridgehead atoms. The van der Waals surface area contributed by atoms with Crippen LogP contribution in [0, 0.1) is 0 Å². The van der Waals surface area contributed by atoms with E-state index in [1.807, 2.05) is 60.8 Å². The highest BCUT2D eigenvalue weighted by atomic mass is 35.5. The largest absolute Gasteiger partial charge is 0.383 e. The molecule has 0 radical (unpaired) electrons. The van der Waals surface area contributed by atoms with Crippen molar-refractivity contribution in [1.82, 2.24) is 4.57 Å². The van der Waals surface area contributed by atoms with Crippen LogP contribution in [0.3, 0.4) is 0 Å². The minimum atomic E-state index is 0.0426. The number of nitrogens with zero attached hydrogens (tertiary/aromatic N) is 1. The smallest absolute Gasteiger partial charge is 0.258 e. The minimum absolute atomic E-state index is 0.0426. The summed E-state index contributed by atoms with van der Waals surface area (Å²) < 4.78 is 1.72. The summed E-state index contributed by atoms with van der Waals surface area (Å²) in [5.74, 6) is 0. The van der Waals surface area contributed by atoms with Gasteiger partial charge in [0.15, 0.2) is 0 Å². The minimum Gasteiger partial charge on any atom is -0.383 e. The van der Waals surface area contributed by atoms with Crippen molar-refractivity contribution in [2.75, 3.05) is 11.9 Å². The van der Waals surface area contributed by atoms with Gasteiger partial charge >= 0.3 is 0 Å². The molecule has 2 aromatic carbocycles. The summed E-state index contributed by atoms with van der Waals surface area (Å²) in [6, 6.07) is 17.2. The van der Waals surface area contributed by atoms with Gasteiger partial charge < -0.3 is 9.88 Å². The van der Waals surface area contributed by atoms with E-state index >= 15 is 0 Å². The van der Waals surface area contributed by atoms with Crippen LogP contribution >= 0.6 is 11.6 Å². The summed E-state index contributed by atoms with van der Waals surface area (Å²) in [5, 5.41) is 5.69. The molecule has 0 unspecified atom stereocenters. The quantitative estimate of drug-likeness (QED) is 0.795. The van der Waals surface area contributed by atoms with Gasteiger partial charge in [0, 0.05) is 35.4 Å². The molecule has 0 atom stereocenters. The molecular weight excluding hydrogens is 284 g/mol. The van der Waals surface area contributed by atoms with Crippen LogP contribution in [0.4, 0.5) is 5.69 Å². The molecule has 0 aliphatic heterocycles. The molecule has 1 heterocycles. The predicted octanol–water partition coefficient (Wildman–Crippen LogP) is 3.77. The van der Waals surface area contributed by atoms with E-state index in [9.17, 15) is 4.79 Å². The van der Waals surface area contributed by atoms with Crippen molar-refractivity contribution in [3.8, 4) is 0 Å². The molecule has 0 spiro atoms. The lowest BCUT2D eigenvalue weighted by atomic mass is 10.2. The van der Waals surface area contributed by atoms with Gasteiger partial charge in [-0.05, 0) is 35.7 Å². The van der Waals surface area contributed by atoms with Crippen molar-refractivity contribution in [2.45, 2.75) is 6.54 Å². The molecule has 1 aromatic heterocycles. The maximum atomic E-state index is 12.3. The second-order valence-corrected chi connectivity index (χ2v) is 5.28. The highest BCUT2D eigenvalue weighted by Crippen LogP contribution is 2.14. The fourth-order valence-electron chi connectivity index (χ4n) is 2.33. The number of aromatic nitrogens is 1. The zero-order chi connectivity index (χ0) is 14.7. The number of pyridine rings is 1. The Bertz CT molecular complexity index is 826. The van der Waals surface area contributed by atoms with Crippen LogP contribution in [0.5, 0.6) is 0 Å². The third kappa shape index (κ3) is 3.09. The topological polar surface area (TPSA) is 34.0 Å². The fourth-order valence-corrected chi connectivity index (χ4v) is 2.52. The SMILES string of the molecule is O=c1c2ccccc2ccn1CCNc1cccc(Cl)c1. The summed E-state index contributed by atoms with van der Waals surface area (Å²) >= 11 is 5.94. The summed E-state index contributed by atoms with van der Waals surface area (Å²) in [7, 11) is 0. The second kappa shape index (κ2) is 6.02. The van der Waals surface area contributed by atoms with Gasteiger partial charge in [-0.2, -0.15) is 0 Å². The Labute approximate surface area is 127 Å². The molecule has 0 saturated carbocycles. The van der Waals surface area contributed by atoms with E-state index in [1.54, 1.807) is 4.57 Å². The Balaban J connectivity index is 1.74. The van der Waals surface area contributed by atoms with Gasteiger partial charge in [0.25, 0.3) is 5.56 Å². The number of hydrogen-bond acceptors (Lipinski definition) is 2. The van der Waals surface area contributed by atoms with Gasteiger partial charge in [-0.15, -0.1) is 0 Å². The number of hydrogen-bond donors (Lipinski definition) is 1. The zero-order valence-electron chi connectivity index (χ0n) is 11.4. The van der Waals surface area contributed by atoms with Crippen LogP contribution in [0.25, 0.3) is 10.8 Å². The Morgan fingerprint density at radius 2 is 1.90 bits per heavy atom. The van der Waals surface area contributed by atoms with Gasteiger partial charge in [-0.25, -0.2) is 0 Å². The Hall–Kier alpha value is -2.26. The first-order valence-electron chi connectivity index (χ1n) is 6.82. The Morgan fingerprint density at radius 1 is 1.05 bits per heavy atom. The van der Waals surface area contributed by atoms with Crippen molar-refractivity contribution in [3.05, 3.63) is 76.2 Å². The standard InChI is InChI=1S/C17H15ClN2O/c18-14-5-3-6-15(12-14)19-9-11-20-10-8-13-4-1-2-7-16(13)17(20)21/h1-8,10,12,19H,9,11H2. The molecule has 3 nitrogen and oxygen atoms in total. The molecule has 3 aromatic rings. The van der Waals surface area contributed by atoms with E-state index in [2.05, 4.69) is 5.32 Å². The van der Waals surface area contributed by atoms with Crippen LogP contribution in [0.2, 0.25) is 5.02 Å². The van der Waals surface area contributed by atoms with Gasteiger partial charge in [0.2, 0.25) is 0 Å². The maximum absolute atomic E-state index is 12.3. The molecule has 4 heteroatoms. The van der Waals surface area contributed by atoms with Crippen LogP contribution in [-0.4, -0.2) is 11.1 Å². The van der Waals surface area contributed by atoms with E-state index in [4.69, 9.17) is 11.6 Å². The van der Waals surface area contributed by atoms with Gasteiger partial charge in [0.1, 0.15) is 0 Å². The van der Waals surface area contributed by atoms with Gasteiger partial charge in [0.05, 0.1) is 0 Å². The molecule has 106 valence electrons. The number of anilines is 1. The van der Waals surface area contributed by atoms with E-state index in [-0.39, 0.29) is 5.56 Å². The molecule has 0 aliphatic carbocycles. The second-order valence-electron chi connectivity index (χ2n) is 4.84. The number of rotatable bonds is 4. The molecule has 0 fully saturated rings. The maximum Gasteiger partial charge on any atom is 0.258 e. The van der Waals surface area contributed by atoms with Crippen LogP contribution in [0.15, 0.2) is 65.6 Å². The van der Waals surface area contributed by atoms with Crippen molar-refractivity contribution in [3.63, 3.8) is 0 Å². The molecule has 21 heavy (non-hydrogen) atoms. The number of nitrogens with one attached hydrogen (secondary N) is 1. The zero-order valence-corrected chi connectivity index (χ0v) is 12.2. The summed E-state index contributed by atoms with van der Waals surface area (Å²) in [4.78, 5) is 12.3. The highest BCUT2D eigenvalue weighted by molar-refractivity contribution is 6.30. The molecule has 3 rings (SSSR count). The van der Waals surface area contributed by atoms with E-state index < -0.39 is 0 Å². The lowest BCUT2D eigenvalue weighted by molar-refractivity contribution is 0.704. The molecule has 0 amide bonds. The average molecular weight is 299 g/mol. The lowest BCUT2D eigenvalue weighted by Crippen LogP contribution is -2.23. The number of fused-ring (bicyclic) bond motifs is 1. The average Bonchev–Trinajstić information content (AvgIpc) is 2.50. The van der Waals surface area contributed by atoms with Gasteiger partial charge in [-0.3, -0.25) is 4.79 Å². The highest BCUT2D eigenvalue weighted by Gasteiger charge is 2.01. The van der Waals surface area contributed by atoms with Crippen molar-refractivity contribution in [1.29, 1.82) is 0 Å². The number of halogens is 1. The monoisotopic (exact) mass is 298 g/mol. The van der Waals surface area contributed by atoms with Crippen molar-refractivity contribution < 1.29 is 0 Å². The first-order valence-corrected chi connectivity index (χ1v) is 7.19. The third-order valence-electron chi connectivity index (χ3n) is 3.39. The molecule has 1 N–H and O–H groups in total. The summed E-state index contributed by atoms with van der Waals surface area (Å²) in [6.45, 7) is 1.27. The molecule has 0 saturated heterocycles. The summed E-state index contributed by atoms with van der Waals surface area (Å²) in [5.41, 5.74) is 0.998. The Morgan fingerprint density at radius 3 is 2.76 bits per heavy atom. The van der Waals surface area contributed by atoms with Crippen molar-refractivity contribution in [2.24, 2.45) is 0 Å². The summed E-state index contributed by atoms with van der Waals surface area (Å²) in [6.07, 6.45) is 1.84. The first-order chi connectivity index (χ1) is 10.2. The Kier molecular flexibility index (Phi) is 3.93. The fraction of sp³-hybridized carbons (Fsp3) is 0.118. The molecular formula is C17H15ClN2O. The van der Waals surface area contributed by atoms with Crippen LogP contribution < -0.4 is 10.9 Å². The normalized spacial score (nSPS) is 10.7. The van der Waals surface area contributed by atoms with E-state index in [0.717, 1.165) is 16.5 Å².